The first-order valence-corrected chi connectivity index (χ1v) is 9.48. The summed E-state index contributed by atoms with van der Waals surface area (Å²) >= 11 is 1.97. The maximum absolute atomic E-state index is 11.2. The number of anilines is 1. The number of para-hydroxylation sites is 1. The number of carbonyl (C=O) groups is 1. The average Bonchev–Trinajstić information content (AvgIpc) is 2.64. The zero-order chi connectivity index (χ0) is 17.5. The molecule has 1 saturated carbocycles. The molecule has 0 unspecified atom stereocenters. The van der Waals surface area contributed by atoms with E-state index >= 15 is 0 Å². The summed E-state index contributed by atoms with van der Waals surface area (Å²) in [6, 6.07) is 15.1. The van der Waals surface area contributed by atoms with E-state index in [-0.39, 0.29) is 5.56 Å². The van der Waals surface area contributed by atoms with Crippen molar-refractivity contribution < 1.29 is 9.90 Å². The van der Waals surface area contributed by atoms with Gasteiger partial charge in [-0.2, -0.15) is 5.10 Å². The van der Waals surface area contributed by atoms with Crippen LogP contribution in [-0.2, 0) is 0 Å². The SMILES string of the molecule is O=C(O)c1ccccc1NN=Cc1ccc(SC2CCCCC2)cc1. The van der Waals surface area contributed by atoms with Gasteiger partial charge in [0.15, 0.2) is 0 Å². The lowest BCUT2D eigenvalue weighted by Crippen LogP contribution is -2.07. The highest BCUT2D eigenvalue weighted by Crippen LogP contribution is 2.33. The van der Waals surface area contributed by atoms with E-state index in [1.165, 1.54) is 37.0 Å². The number of aromatic carboxylic acids is 1. The van der Waals surface area contributed by atoms with E-state index in [1.54, 1.807) is 30.5 Å². The van der Waals surface area contributed by atoms with Crippen LogP contribution in [0, 0.1) is 0 Å². The van der Waals surface area contributed by atoms with E-state index < -0.39 is 5.97 Å². The van der Waals surface area contributed by atoms with Crippen LogP contribution in [-0.4, -0.2) is 22.5 Å². The molecule has 2 aromatic carbocycles. The molecule has 1 aliphatic rings. The van der Waals surface area contributed by atoms with Gasteiger partial charge in [0.2, 0.25) is 0 Å². The minimum absolute atomic E-state index is 0.207. The van der Waals surface area contributed by atoms with Gasteiger partial charge in [-0.15, -0.1) is 11.8 Å². The normalized spacial score (nSPS) is 15.4. The van der Waals surface area contributed by atoms with Crippen molar-refractivity contribution in [2.24, 2.45) is 5.10 Å². The quantitative estimate of drug-likeness (QED) is 0.549. The first kappa shape index (κ1) is 17.5. The van der Waals surface area contributed by atoms with Gasteiger partial charge in [-0.25, -0.2) is 4.79 Å². The van der Waals surface area contributed by atoms with Gasteiger partial charge in [-0.1, -0.05) is 43.5 Å². The number of thioether (sulfide) groups is 1. The van der Waals surface area contributed by atoms with Crippen molar-refractivity contribution in [1.82, 2.24) is 0 Å². The molecule has 0 amide bonds. The molecular weight excluding hydrogens is 332 g/mol. The van der Waals surface area contributed by atoms with Crippen LogP contribution >= 0.6 is 11.8 Å². The Morgan fingerprint density at radius 1 is 1.08 bits per heavy atom. The molecule has 0 aliphatic heterocycles. The molecule has 1 aliphatic carbocycles. The number of hydrazone groups is 1. The Bertz CT molecular complexity index is 738. The molecule has 2 N–H and O–H groups in total. The summed E-state index contributed by atoms with van der Waals surface area (Å²) in [5.41, 5.74) is 4.48. The molecule has 0 radical (unpaired) electrons. The molecule has 0 heterocycles. The molecule has 3 rings (SSSR count). The minimum Gasteiger partial charge on any atom is -0.478 e. The van der Waals surface area contributed by atoms with Crippen LogP contribution < -0.4 is 5.43 Å². The van der Waals surface area contributed by atoms with Crippen LogP contribution in [0.5, 0.6) is 0 Å². The Balaban J connectivity index is 1.58. The van der Waals surface area contributed by atoms with Crippen LogP contribution in [0.1, 0.15) is 48.0 Å². The molecule has 25 heavy (non-hydrogen) atoms. The number of carboxylic acids is 1. The standard InChI is InChI=1S/C20H22N2O2S/c23-20(24)18-8-4-5-9-19(18)22-21-14-15-10-12-17(13-11-15)25-16-6-2-1-3-7-16/h4-5,8-14,16,22H,1-3,6-7H2,(H,23,24). The van der Waals surface area contributed by atoms with Crippen molar-refractivity contribution in [1.29, 1.82) is 0 Å². The smallest absolute Gasteiger partial charge is 0.337 e. The van der Waals surface area contributed by atoms with E-state index in [0.717, 1.165) is 10.8 Å². The van der Waals surface area contributed by atoms with Crippen LogP contribution in [0.15, 0.2) is 58.5 Å². The first-order valence-electron chi connectivity index (χ1n) is 8.60. The third-order valence-corrected chi connectivity index (χ3v) is 5.64. The molecule has 1 fully saturated rings. The molecule has 0 spiro atoms. The summed E-state index contributed by atoms with van der Waals surface area (Å²) in [4.78, 5) is 12.5. The van der Waals surface area contributed by atoms with Crippen molar-refractivity contribution in [3.8, 4) is 0 Å². The lowest BCUT2D eigenvalue weighted by Gasteiger charge is -2.20. The van der Waals surface area contributed by atoms with E-state index in [1.807, 2.05) is 23.9 Å². The summed E-state index contributed by atoms with van der Waals surface area (Å²) in [6.07, 6.45) is 8.43. The Morgan fingerprint density at radius 2 is 1.80 bits per heavy atom. The molecule has 0 bridgehead atoms. The molecule has 130 valence electrons. The van der Waals surface area contributed by atoms with Gasteiger partial charge in [-0.05, 0) is 42.7 Å². The van der Waals surface area contributed by atoms with Gasteiger partial charge in [0.1, 0.15) is 0 Å². The molecule has 4 nitrogen and oxygen atoms in total. The summed E-state index contributed by atoms with van der Waals surface area (Å²) in [7, 11) is 0. The van der Waals surface area contributed by atoms with Gasteiger partial charge < -0.3 is 5.11 Å². The lowest BCUT2D eigenvalue weighted by molar-refractivity contribution is 0.0698. The fourth-order valence-electron chi connectivity index (χ4n) is 2.95. The van der Waals surface area contributed by atoms with Gasteiger partial charge in [0.25, 0.3) is 0 Å². The number of nitrogens with zero attached hydrogens (tertiary/aromatic N) is 1. The van der Waals surface area contributed by atoms with Crippen LogP contribution in [0.4, 0.5) is 5.69 Å². The Labute approximate surface area is 152 Å². The van der Waals surface area contributed by atoms with Crippen LogP contribution in [0.3, 0.4) is 0 Å². The van der Waals surface area contributed by atoms with Crippen molar-refractivity contribution in [3.05, 3.63) is 59.7 Å². The second-order valence-electron chi connectivity index (χ2n) is 6.17. The van der Waals surface area contributed by atoms with E-state index in [9.17, 15) is 4.79 Å². The highest BCUT2D eigenvalue weighted by Gasteiger charge is 2.14. The highest BCUT2D eigenvalue weighted by atomic mass is 32.2. The third-order valence-electron chi connectivity index (χ3n) is 4.29. The van der Waals surface area contributed by atoms with Crippen molar-refractivity contribution >= 4 is 29.6 Å². The predicted molar refractivity (Wildman–Crippen MR) is 104 cm³/mol. The van der Waals surface area contributed by atoms with Crippen molar-refractivity contribution in [3.63, 3.8) is 0 Å². The third kappa shape index (κ3) is 5.10. The van der Waals surface area contributed by atoms with Gasteiger partial charge >= 0.3 is 5.97 Å². The number of hydrogen-bond acceptors (Lipinski definition) is 4. The molecule has 0 atom stereocenters. The summed E-state index contributed by atoms with van der Waals surface area (Å²) in [5.74, 6) is -0.970. The second-order valence-corrected chi connectivity index (χ2v) is 7.54. The first-order chi connectivity index (χ1) is 12.2. The number of carboxylic acid groups (broad SMARTS) is 1. The topological polar surface area (TPSA) is 61.7 Å². The predicted octanol–water partition coefficient (Wildman–Crippen LogP) is 5.26. The summed E-state index contributed by atoms with van der Waals surface area (Å²) in [5, 5.41) is 14.1. The maximum Gasteiger partial charge on any atom is 0.337 e. The zero-order valence-electron chi connectivity index (χ0n) is 14.0. The second kappa shape index (κ2) is 8.72. The number of rotatable bonds is 6. The van der Waals surface area contributed by atoms with Gasteiger partial charge in [0, 0.05) is 10.1 Å². The molecular formula is C20H22N2O2S. The number of benzene rings is 2. The highest BCUT2D eigenvalue weighted by molar-refractivity contribution is 8.00. The largest absolute Gasteiger partial charge is 0.478 e. The lowest BCUT2D eigenvalue weighted by atomic mass is 10.0. The molecule has 5 heteroatoms. The Kier molecular flexibility index (Phi) is 6.12. The summed E-state index contributed by atoms with van der Waals surface area (Å²) in [6.45, 7) is 0. The zero-order valence-corrected chi connectivity index (χ0v) is 14.8. The van der Waals surface area contributed by atoms with Gasteiger partial charge in [0.05, 0.1) is 17.5 Å². The monoisotopic (exact) mass is 354 g/mol. The van der Waals surface area contributed by atoms with Gasteiger partial charge in [-0.3, -0.25) is 5.43 Å². The summed E-state index contributed by atoms with van der Waals surface area (Å²) < 4.78 is 0. The number of nitrogens with one attached hydrogen (secondary N) is 1. The van der Waals surface area contributed by atoms with Crippen LogP contribution in [0.2, 0.25) is 0 Å². The molecule has 0 aromatic heterocycles. The van der Waals surface area contributed by atoms with Crippen LogP contribution in [0.25, 0.3) is 0 Å². The molecule has 2 aromatic rings. The maximum atomic E-state index is 11.2. The van der Waals surface area contributed by atoms with E-state index in [2.05, 4.69) is 22.7 Å². The fraction of sp³-hybridized carbons (Fsp3) is 0.300. The van der Waals surface area contributed by atoms with E-state index in [4.69, 9.17) is 5.11 Å². The Hall–Kier alpha value is -2.27. The van der Waals surface area contributed by atoms with Crippen molar-refractivity contribution in [2.45, 2.75) is 42.2 Å². The van der Waals surface area contributed by atoms with E-state index in [0.29, 0.717) is 5.69 Å². The fourth-order valence-corrected chi connectivity index (χ4v) is 4.20. The molecule has 0 saturated heterocycles. The van der Waals surface area contributed by atoms with Crippen molar-refractivity contribution in [2.75, 3.05) is 5.43 Å². The number of hydrogen-bond donors (Lipinski definition) is 2. The average molecular weight is 354 g/mol. The minimum atomic E-state index is -0.970. The Morgan fingerprint density at radius 3 is 2.52 bits per heavy atom.